The highest BCUT2D eigenvalue weighted by atomic mass is 35.5. The second-order valence-corrected chi connectivity index (χ2v) is 6.90. The zero-order chi connectivity index (χ0) is 14.0. The standard InChI is InChI=1S/C11H19ClN4O2S/c1-3-4-9-7-13-5-6-16(9)19(17,18)11-10(12)8-14-15(11)2/h8-9,13H,3-7H2,1-2H3. The van der Waals surface area contributed by atoms with E-state index in [0.29, 0.717) is 19.6 Å². The van der Waals surface area contributed by atoms with Crippen LogP contribution < -0.4 is 5.32 Å². The number of piperazine rings is 1. The van der Waals surface area contributed by atoms with Gasteiger partial charge in [-0.2, -0.15) is 9.40 Å². The minimum absolute atomic E-state index is 0.0188. The molecule has 1 aliphatic rings. The van der Waals surface area contributed by atoms with Crippen LogP contribution in [-0.2, 0) is 17.1 Å². The van der Waals surface area contributed by atoms with Crippen LogP contribution in [0.15, 0.2) is 11.2 Å². The summed E-state index contributed by atoms with van der Waals surface area (Å²) in [5.41, 5.74) is 0. The second-order valence-electron chi connectivity index (χ2n) is 4.68. The van der Waals surface area contributed by atoms with Crippen LogP contribution in [0, 0.1) is 0 Å². The number of nitrogens with zero attached hydrogens (tertiary/aromatic N) is 3. The minimum atomic E-state index is -3.59. The van der Waals surface area contributed by atoms with E-state index in [1.54, 1.807) is 11.4 Å². The summed E-state index contributed by atoms with van der Waals surface area (Å²) in [4.78, 5) is 0. The van der Waals surface area contributed by atoms with Gasteiger partial charge in [-0.15, -0.1) is 0 Å². The van der Waals surface area contributed by atoms with Crippen LogP contribution in [0.3, 0.4) is 0 Å². The van der Waals surface area contributed by atoms with Crippen molar-refractivity contribution in [3.8, 4) is 0 Å². The van der Waals surface area contributed by atoms with E-state index in [0.717, 1.165) is 12.8 Å². The zero-order valence-electron chi connectivity index (χ0n) is 11.1. The molecule has 0 radical (unpaired) electrons. The van der Waals surface area contributed by atoms with E-state index in [4.69, 9.17) is 11.6 Å². The maximum absolute atomic E-state index is 12.7. The molecule has 0 bridgehead atoms. The number of rotatable bonds is 4. The number of sulfonamides is 1. The minimum Gasteiger partial charge on any atom is -0.314 e. The Morgan fingerprint density at radius 3 is 2.89 bits per heavy atom. The maximum Gasteiger partial charge on any atom is 0.262 e. The highest BCUT2D eigenvalue weighted by Crippen LogP contribution is 2.26. The molecular formula is C11H19ClN4O2S. The molecule has 8 heteroatoms. The van der Waals surface area contributed by atoms with Crippen molar-refractivity contribution in [3.05, 3.63) is 11.2 Å². The Balaban J connectivity index is 2.37. The molecule has 1 aromatic rings. The molecule has 1 aromatic heterocycles. The van der Waals surface area contributed by atoms with Gasteiger partial charge in [-0.1, -0.05) is 24.9 Å². The summed E-state index contributed by atoms with van der Waals surface area (Å²) < 4.78 is 28.3. The summed E-state index contributed by atoms with van der Waals surface area (Å²) in [5.74, 6) is 0. The molecule has 0 aromatic carbocycles. The van der Waals surface area contributed by atoms with Crippen molar-refractivity contribution < 1.29 is 8.42 Å². The molecular weight excluding hydrogens is 288 g/mol. The van der Waals surface area contributed by atoms with E-state index < -0.39 is 10.0 Å². The summed E-state index contributed by atoms with van der Waals surface area (Å²) in [6.07, 6.45) is 3.14. The normalized spacial score (nSPS) is 21.7. The lowest BCUT2D eigenvalue weighted by molar-refractivity contribution is 0.253. The van der Waals surface area contributed by atoms with Gasteiger partial charge in [-0.25, -0.2) is 8.42 Å². The topological polar surface area (TPSA) is 67.2 Å². The lowest BCUT2D eigenvalue weighted by Crippen LogP contribution is -2.53. The Morgan fingerprint density at radius 2 is 2.32 bits per heavy atom. The molecule has 1 N–H and O–H groups in total. The Morgan fingerprint density at radius 1 is 1.58 bits per heavy atom. The first-order valence-corrected chi connectivity index (χ1v) is 8.20. The number of aromatic nitrogens is 2. The van der Waals surface area contributed by atoms with Crippen molar-refractivity contribution in [2.24, 2.45) is 7.05 Å². The number of nitrogens with one attached hydrogen (secondary N) is 1. The molecule has 1 saturated heterocycles. The molecule has 108 valence electrons. The average molecular weight is 307 g/mol. The van der Waals surface area contributed by atoms with Crippen LogP contribution in [-0.4, -0.2) is 48.2 Å². The summed E-state index contributed by atoms with van der Waals surface area (Å²) in [6.45, 7) is 3.86. The molecule has 1 aliphatic heterocycles. The third-order valence-electron chi connectivity index (χ3n) is 3.31. The van der Waals surface area contributed by atoms with Crippen LogP contribution in [0.2, 0.25) is 5.02 Å². The number of hydrogen-bond acceptors (Lipinski definition) is 4. The van der Waals surface area contributed by atoms with Gasteiger partial charge in [0, 0.05) is 32.7 Å². The van der Waals surface area contributed by atoms with Crippen LogP contribution in [0.25, 0.3) is 0 Å². The molecule has 1 unspecified atom stereocenters. The van der Waals surface area contributed by atoms with E-state index in [1.165, 1.54) is 10.9 Å². The molecule has 0 saturated carbocycles. The number of halogens is 1. The lowest BCUT2D eigenvalue weighted by atomic mass is 10.1. The van der Waals surface area contributed by atoms with Gasteiger partial charge in [0.2, 0.25) is 0 Å². The van der Waals surface area contributed by atoms with Crippen molar-refractivity contribution in [2.45, 2.75) is 30.8 Å². The van der Waals surface area contributed by atoms with E-state index in [-0.39, 0.29) is 16.1 Å². The van der Waals surface area contributed by atoms with Crippen LogP contribution >= 0.6 is 11.6 Å². The Hall–Kier alpha value is -0.630. The van der Waals surface area contributed by atoms with E-state index in [9.17, 15) is 8.42 Å². The predicted molar refractivity (Wildman–Crippen MR) is 73.7 cm³/mol. The fraction of sp³-hybridized carbons (Fsp3) is 0.727. The lowest BCUT2D eigenvalue weighted by Gasteiger charge is -2.35. The third kappa shape index (κ3) is 2.79. The molecule has 0 spiro atoms. The van der Waals surface area contributed by atoms with Crippen molar-refractivity contribution in [1.29, 1.82) is 0 Å². The van der Waals surface area contributed by atoms with Gasteiger partial charge in [0.05, 0.1) is 11.2 Å². The molecule has 1 fully saturated rings. The van der Waals surface area contributed by atoms with Crippen molar-refractivity contribution in [3.63, 3.8) is 0 Å². The van der Waals surface area contributed by atoms with Crippen molar-refractivity contribution in [2.75, 3.05) is 19.6 Å². The fourth-order valence-corrected chi connectivity index (χ4v) is 4.70. The van der Waals surface area contributed by atoms with Gasteiger partial charge < -0.3 is 5.32 Å². The summed E-state index contributed by atoms with van der Waals surface area (Å²) in [5, 5.41) is 7.40. The van der Waals surface area contributed by atoms with Gasteiger partial charge in [0.25, 0.3) is 10.0 Å². The Kier molecular flexibility index (Phi) is 4.50. The highest BCUT2D eigenvalue weighted by Gasteiger charge is 2.36. The predicted octanol–water partition coefficient (Wildman–Crippen LogP) is 0.836. The van der Waals surface area contributed by atoms with Crippen LogP contribution in [0.4, 0.5) is 0 Å². The van der Waals surface area contributed by atoms with Gasteiger partial charge >= 0.3 is 0 Å². The first-order chi connectivity index (χ1) is 8.98. The Labute approximate surface area is 118 Å². The first-order valence-electron chi connectivity index (χ1n) is 6.38. The van der Waals surface area contributed by atoms with Gasteiger partial charge in [-0.3, -0.25) is 4.68 Å². The summed E-state index contributed by atoms with van der Waals surface area (Å²) >= 11 is 5.97. The average Bonchev–Trinajstić information content (AvgIpc) is 2.70. The second kappa shape index (κ2) is 5.78. The van der Waals surface area contributed by atoms with Crippen molar-refractivity contribution >= 4 is 21.6 Å². The van der Waals surface area contributed by atoms with Crippen molar-refractivity contribution in [1.82, 2.24) is 19.4 Å². The smallest absolute Gasteiger partial charge is 0.262 e. The summed E-state index contributed by atoms with van der Waals surface area (Å²) in [7, 11) is -2.00. The van der Waals surface area contributed by atoms with Crippen LogP contribution in [0.5, 0.6) is 0 Å². The molecule has 2 heterocycles. The van der Waals surface area contributed by atoms with E-state index in [2.05, 4.69) is 17.3 Å². The highest BCUT2D eigenvalue weighted by molar-refractivity contribution is 7.89. The first kappa shape index (κ1) is 14.8. The number of aryl methyl sites for hydroxylation is 1. The molecule has 2 rings (SSSR count). The SMILES string of the molecule is CCCC1CNCCN1S(=O)(=O)c1c(Cl)cnn1C. The molecule has 0 amide bonds. The molecule has 19 heavy (non-hydrogen) atoms. The molecule has 1 atom stereocenters. The van der Waals surface area contributed by atoms with Crippen LogP contribution in [0.1, 0.15) is 19.8 Å². The van der Waals surface area contributed by atoms with Gasteiger partial charge in [-0.05, 0) is 6.42 Å². The molecule has 0 aliphatic carbocycles. The van der Waals surface area contributed by atoms with E-state index in [1.807, 2.05) is 0 Å². The van der Waals surface area contributed by atoms with E-state index >= 15 is 0 Å². The fourth-order valence-electron chi connectivity index (χ4n) is 2.44. The third-order valence-corrected chi connectivity index (χ3v) is 5.77. The molecule has 6 nitrogen and oxygen atoms in total. The largest absolute Gasteiger partial charge is 0.314 e. The zero-order valence-corrected chi connectivity index (χ0v) is 12.7. The number of hydrogen-bond donors (Lipinski definition) is 1. The monoisotopic (exact) mass is 306 g/mol. The van der Waals surface area contributed by atoms with Gasteiger partial charge in [0.1, 0.15) is 0 Å². The quantitative estimate of drug-likeness (QED) is 0.895. The Bertz CT molecular complexity index is 521. The maximum atomic E-state index is 12.7. The summed E-state index contributed by atoms with van der Waals surface area (Å²) in [6, 6.07) is -0.0188. The van der Waals surface area contributed by atoms with Gasteiger partial charge in [0.15, 0.2) is 5.03 Å².